The van der Waals surface area contributed by atoms with Gasteiger partial charge in [0, 0.05) is 19.6 Å². The molecule has 0 aliphatic heterocycles. The Hall–Kier alpha value is -2.24. The number of aliphatic hydroxyl groups excluding tert-OH is 1. The van der Waals surface area contributed by atoms with Gasteiger partial charge in [-0.25, -0.2) is 0 Å². The lowest BCUT2D eigenvalue weighted by Crippen LogP contribution is -2.37. The predicted octanol–water partition coefficient (Wildman–Crippen LogP) is 3.91. The number of ether oxygens (including phenoxy) is 3. The average Bonchev–Trinajstić information content (AvgIpc) is 2.66. The van der Waals surface area contributed by atoms with Gasteiger partial charge in [-0.15, -0.1) is 0 Å². The van der Waals surface area contributed by atoms with E-state index in [0.717, 1.165) is 30.0 Å². The molecular formula is C23H33NO4. The van der Waals surface area contributed by atoms with Gasteiger partial charge in [-0.05, 0) is 42.2 Å². The third-order valence-electron chi connectivity index (χ3n) is 4.47. The lowest BCUT2D eigenvalue weighted by Gasteiger charge is -2.27. The SMILES string of the molecule is COc1ccc(CN(CC(C)C)C[C@H](O)COc2ccccc2C)cc1OC. The van der Waals surface area contributed by atoms with Crippen molar-refractivity contribution in [2.24, 2.45) is 5.92 Å². The van der Waals surface area contributed by atoms with E-state index in [1.807, 2.05) is 49.4 Å². The second-order valence-electron chi connectivity index (χ2n) is 7.51. The Bertz CT molecular complexity index is 732. The van der Waals surface area contributed by atoms with Crippen molar-refractivity contribution in [3.8, 4) is 17.2 Å². The molecule has 0 heterocycles. The Balaban J connectivity index is 1.99. The van der Waals surface area contributed by atoms with Gasteiger partial charge in [0.25, 0.3) is 0 Å². The Labute approximate surface area is 168 Å². The highest BCUT2D eigenvalue weighted by atomic mass is 16.5. The third kappa shape index (κ3) is 6.73. The molecule has 2 rings (SSSR count). The van der Waals surface area contributed by atoms with Gasteiger partial charge in [-0.1, -0.05) is 38.1 Å². The minimum atomic E-state index is -0.571. The molecule has 2 aromatic carbocycles. The van der Waals surface area contributed by atoms with Crippen LogP contribution in [0.25, 0.3) is 0 Å². The molecule has 0 bridgehead atoms. The summed E-state index contributed by atoms with van der Waals surface area (Å²) in [7, 11) is 3.27. The standard InChI is InChI=1S/C23H33NO4/c1-17(2)13-24(14-19-10-11-22(26-4)23(12-19)27-5)15-20(25)16-28-21-9-7-6-8-18(21)3/h6-12,17,20,25H,13-16H2,1-5H3/t20-/m0/s1. The Morgan fingerprint density at radius 3 is 2.29 bits per heavy atom. The zero-order valence-corrected chi connectivity index (χ0v) is 17.6. The predicted molar refractivity (Wildman–Crippen MR) is 112 cm³/mol. The Kier molecular flexibility index (Phi) is 8.61. The van der Waals surface area contributed by atoms with Crippen LogP contribution in [0.1, 0.15) is 25.0 Å². The molecule has 2 aromatic rings. The van der Waals surface area contributed by atoms with Crippen LogP contribution in [-0.2, 0) is 6.54 Å². The monoisotopic (exact) mass is 387 g/mol. The molecule has 1 N–H and O–H groups in total. The highest BCUT2D eigenvalue weighted by Crippen LogP contribution is 2.28. The summed E-state index contributed by atoms with van der Waals surface area (Å²) in [6.45, 7) is 8.78. The maximum atomic E-state index is 10.5. The minimum Gasteiger partial charge on any atom is -0.493 e. The van der Waals surface area contributed by atoms with E-state index in [1.165, 1.54) is 0 Å². The van der Waals surface area contributed by atoms with Gasteiger partial charge >= 0.3 is 0 Å². The van der Waals surface area contributed by atoms with Crippen LogP contribution in [0.2, 0.25) is 0 Å². The molecule has 1 atom stereocenters. The van der Waals surface area contributed by atoms with Crippen molar-refractivity contribution in [1.82, 2.24) is 4.90 Å². The Morgan fingerprint density at radius 1 is 0.929 bits per heavy atom. The van der Waals surface area contributed by atoms with E-state index in [-0.39, 0.29) is 6.61 Å². The van der Waals surface area contributed by atoms with Crippen LogP contribution in [0.5, 0.6) is 17.2 Å². The van der Waals surface area contributed by atoms with Crippen molar-refractivity contribution >= 4 is 0 Å². The lowest BCUT2D eigenvalue weighted by molar-refractivity contribution is 0.0612. The quantitative estimate of drug-likeness (QED) is 0.634. The molecule has 0 aromatic heterocycles. The van der Waals surface area contributed by atoms with Gasteiger partial charge in [0.05, 0.1) is 14.2 Å². The number of aryl methyl sites for hydroxylation is 1. The number of aliphatic hydroxyl groups is 1. The molecule has 0 spiro atoms. The number of para-hydroxylation sites is 1. The first kappa shape index (κ1) is 22.1. The lowest BCUT2D eigenvalue weighted by atomic mass is 10.1. The topological polar surface area (TPSA) is 51.2 Å². The summed E-state index contributed by atoms with van der Waals surface area (Å²) in [4.78, 5) is 2.25. The normalized spacial score (nSPS) is 12.3. The van der Waals surface area contributed by atoms with Crippen molar-refractivity contribution < 1.29 is 19.3 Å². The molecule has 0 aliphatic rings. The van der Waals surface area contributed by atoms with E-state index < -0.39 is 6.10 Å². The second-order valence-corrected chi connectivity index (χ2v) is 7.51. The zero-order valence-electron chi connectivity index (χ0n) is 17.6. The fraction of sp³-hybridized carbons (Fsp3) is 0.478. The van der Waals surface area contributed by atoms with Gasteiger partial charge in [-0.2, -0.15) is 0 Å². The maximum Gasteiger partial charge on any atom is 0.161 e. The smallest absolute Gasteiger partial charge is 0.161 e. The zero-order chi connectivity index (χ0) is 20.5. The molecule has 5 heteroatoms. The van der Waals surface area contributed by atoms with E-state index in [1.54, 1.807) is 14.2 Å². The molecule has 0 saturated carbocycles. The summed E-state index contributed by atoms with van der Waals surface area (Å²) in [5.41, 5.74) is 2.18. The Morgan fingerprint density at radius 2 is 1.64 bits per heavy atom. The van der Waals surface area contributed by atoms with Gasteiger partial charge in [0.1, 0.15) is 18.5 Å². The first-order valence-corrected chi connectivity index (χ1v) is 9.72. The van der Waals surface area contributed by atoms with Crippen molar-refractivity contribution in [2.45, 2.75) is 33.4 Å². The van der Waals surface area contributed by atoms with E-state index in [0.29, 0.717) is 24.0 Å². The van der Waals surface area contributed by atoms with Crippen LogP contribution in [0.4, 0.5) is 0 Å². The molecule has 0 fully saturated rings. The third-order valence-corrected chi connectivity index (χ3v) is 4.47. The van der Waals surface area contributed by atoms with Gasteiger partial charge in [-0.3, -0.25) is 4.90 Å². The molecule has 0 aliphatic carbocycles. The van der Waals surface area contributed by atoms with E-state index in [4.69, 9.17) is 14.2 Å². The van der Waals surface area contributed by atoms with E-state index in [2.05, 4.69) is 18.7 Å². The largest absolute Gasteiger partial charge is 0.493 e. The number of nitrogens with zero attached hydrogens (tertiary/aromatic N) is 1. The van der Waals surface area contributed by atoms with Crippen LogP contribution < -0.4 is 14.2 Å². The fourth-order valence-electron chi connectivity index (χ4n) is 3.21. The van der Waals surface area contributed by atoms with E-state index in [9.17, 15) is 5.11 Å². The van der Waals surface area contributed by atoms with Crippen LogP contribution in [0.3, 0.4) is 0 Å². The first-order chi connectivity index (χ1) is 13.4. The molecular weight excluding hydrogens is 354 g/mol. The average molecular weight is 388 g/mol. The highest BCUT2D eigenvalue weighted by molar-refractivity contribution is 5.42. The van der Waals surface area contributed by atoms with Crippen LogP contribution in [0.15, 0.2) is 42.5 Å². The summed E-state index contributed by atoms with van der Waals surface area (Å²) in [5.74, 6) is 2.74. The number of methoxy groups -OCH3 is 2. The molecule has 154 valence electrons. The molecule has 28 heavy (non-hydrogen) atoms. The van der Waals surface area contributed by atoms with Crippen molar-refractivity contribution in [1.29, 1.82) is 0 Å². The van der Waals surface area contributed by atoms with Crippen LogP contribution in [-0.4, -0.2) is 50.0 Å². The second kappa shape index (κ2) is 10.9. The van der Waals surface area contributed by atoms with Crippen molar-refractivity contribution in [3.63, 3.8) is 0 Å². The summed E-state index contributed by atoms with van der Waals surface area (Å²) in [6, 6.07) is 13.8. The van der Waals surface area contributed by atoms with Crippen molar-refractivity contribution in [3.05, 3.63) is 53.6 Å². The fourth-order valence-corrected chi connectivity index (χ4v) is 3.21. The first-order valence-electron chi connectivity index (χ1n) is 9.72. The molecule has 5 nitrogen and oxygen atoms in total. The van der Waals surface area contributed by atoms with E-state index >= 15 is 0 Å². The molecule has 0 amide bonds. The summed E-state index contributed by atoms with van der Waals surface area (Å²) >= 11 is 0. The molecule has 0 unspecified atom stereocenters. The summed E-state index contributed by atoms with van der Waals surface area (Å²) in [5, 5.41) is 10.5. The summed E-state index contributed by atoms with van der Waals surface area (Å²) < 4.78 is 16.5. The minimum absolute atomic E-state index is 0.269. The molecule has 0 saturated heterocycles. The van der Waals surface area contributed by atoms with Gasteiger partial charge in [0.15, 0.2) is 11.5 Å². The number of rotatable bonds is 11. The summed E-state index contributed by atoms with van der Waals surface area (Å²) in [6.07, 6.45) is -0.571. The van der Waals surface area contributed by atoms with Gasteiger partial charge < -0.3 is 19.3 Å². The number of hydrogen-bond acceptors (Lipinski definition) is 5. The van der Waals surface area contributed by atoms with Crippen LogP contribution in [0, 0.1) is 12.8 Å². The molecule has 0 radical (unpaired) electrons. The van der Waals surface area contributed by atoms with Crippen molar-refractivity contribution in [2.75, 3.05) is 33.9 Å². The maximum absolute atomic E-state index is 10.5. The van der Waals surface area contributed by atoms with Gasteiger partial charge in [0.2, 0.25) is 0 Å². The number of benzene rings is 2. The number of hydrogen-bond donors (Lipinski definition) is 1. The highest BCUT2D eigenvalue weighted by Gasteiger charge is 2.16. The van der Waals surface area contributed by atoms with Crippen LogP contribution >= 0.6 is 0 Å².